The van der Waals surface area contributed by atoms with Crippen molar-refractivity contribution in [3.8, 4) is 0 Å². The van der Waals surface area contributed by atoms with Crippen LogP contribution in [-0.4, -0.2) is 21.6 Å². The lowest BCUT2D eigenvalue weighted by Gasteiger charge is -2.25. The number of para-hydroxylation sites is 2. The molecule has 1 amide bonds. The summed E-state index contributed by atoms with van der Waals surface area (Å²) in [6.45, 7) is 2.35. The average Bonchev–Trinajstić information content (AvgIpc) is 3.70. The van der Waals surface area contributed by atoms with Crippen LogP contribution >= 0.6 is 23.1 Å². The van der Waals surface area contributed by atoms with Gasteiger partial charge in [-0.25, -0.2) is 9.97 Å². The van der Waals surface area contributed by atoms with Gasteiger partial charge in [-0.2, -0.15) is 0 Å². The Kier molecular flexibility index (Phi) is 5.62. The molecule has 1 saturated carbocycles. The van der Waals surface area contributed by atoms with Crippen LogP contribution in [-0.2, 0) is 30.5 Å². The molecule has 4 aromatic rings. The van der Waals surface area contributed by atoms with Gasteiger partial charge in [0.05, 0.1) is 17.1 Å². The number of carbonyl (C=O) groups is 1. The molecule has 4 nitrogen and oxygen atoms in total. The number of aryl methyl sites for hydroxylation is 3. The van der Waals surface area contributed by atoms with Gasteiger partial charge in [-0.15, -0.1) is 11.3 Å². The molecule has 2 aromatic carbocycles. The van der Waals surface area contributed by atoms with Gasteiger partial charge < -0.3 is 0 Å². The van der Waals surface area contributed by atoms with Crippen LogP contribution in [0.4, 0.5) is 11.4 Å². The Hall–Kier alpha value is -2.70. The molecule has 36 heavy (non-hydrogen) atoms. The number of fused-ring (bicyclic) bond motifs is 5. The topological polar surface area (TPSA) is 46.1 Å². The van der Waals surface area contributed by atoms with Crippen LogP contribution in [0, 0.1) is 5.92 Å². The van der Waals surface area contributed by atoms with E-state index in [4.69, 9.17) is 9.97 Å². The molecule has 0 bridgehead atoms. The van der Waals surface area contributed by atoms with Crippen LogP contribution in [0.1, 0.15) is 59.5 Å². The number of hydrogen-bond acceptors (Lipinski definition) is 5. The van der Waals surface area contributed by atoms with Gasteiger partial charge in [0.1, 0.15) is 15.7 Å². The summed E-state index contributed by atoms with van der Waals surface area (Å²) in [4.78, 5) is 28.6. The van der Waals surface area contributed by atoms with Crippen molar-refractivity contribution < 1.29 is 4.79 Å². The van der Waals surface area contributed by atoms with Gasteiger partial charge in [0.25, 0.3) is 0 Å². The van der Waals surface area contributed by atoms with E-state index in [2.05, 4.69) is 43.3 Å². The molecular weight excluding hydrogens is 482 g/mol. The number of thiophene rings is 1. The molecule has 0 saturated heterocycles. The largest absolute Gasteiger partial charge is 0.280 e. The fraction of sp³-hybridized carbons (Fsp3) is 0.367. The van der Waals surface area contributed by atoms with Gasteiger partial charge in [0, 0.05) is 16.2 Å². The second-order valence-electron chi connectivity index (χ2n) is 10.5. The number of benzene rings is 2. The first-order valence-corrected chi connectivity index (χ1v) is 14.9. The molecule has 1 atom stereocenters. The van der Waals surface area contributed by atoms with E-state index in [1.54, 1.807) is 11.8 Å². The first-order chi connectivity index (χ1) is 17.7. The van der Waals surface area contributed by atoms with E-state index in [0.717, 1.165) is 58.7 Å². The molecule has 0 spiro atoms. The van der Waals surface area contributed by atoms with Crippen molar-refractivity contribution in [3.63, 3.8) is 0 Å². The van der Waals surface area contributed by atoms with Crippen LogP contribution in [0.15, 0.2) is 53.6 Å². The van der Waals surface area contributed by atoms with Crippen molar-refractivity contribution in [2.24, 2.45) is 5.92 Å². The van der Waals surface area contributed by atoms with Gasteiger partial charge in [0.15, 0.2) is 0 Å². The fourth-order valence-electron chi connectivity index (χ4n) is 5.70. The highest BCUT2D eigenvalue weighted by molar-refractivity contribution is 8.00. The molecule has 3 heterocycles. The summed E-state index contributed by atoms with van der Waals surface area (Å²) in [5, 5.41) is 2.24. The Morgan fingerprint density at radius 1 is 0.972 bits per heavy atom. The standard InChI is InChI=1S/C30H29N3OS2/c1-18-10-15-22-25(16-18)36-30-27(22)29(31-28(32-30)21-13-14-21)35-17-26(34)33-23-8-4-2-6-19(23)11-12-20-7-3-5-9-24(20)33/h2-9,18,21H,10-17H2,1H3/t18-/m0/s1. The molecule has 0 N–H and O–H groups in total. The summed E-state index contributed by atoms with van der Waals surface area (Å²) in [6.07, 6.45) is 7.70. The van der Waals surface area contributed by atoms with Gasteiger partial charge in [0.2, 0.25) is 5.91 Å². The molecule has 2 aliphatic carbocycles. The summed E-state index contributed by atoms with van der Waals surface area (Å²) in [5.41, 5.74) is 5.93. The van der Waals surface area contributed by atoms with Gasteiger partial charge in [-0.05, 0) is 79.7 Å². The zero-order valence-electron chi connectivity index (χ0n) is 20.5. The van der Waals surface area contributed by atoms with E-state index in [-0.39, 0.29) is 5.91 Å². The van der Waals surface area contributed by atoms with Crippen LogP contribution in [0.3, 0.4) is 0 Å². The van der Waals surface area contributed by atoms with Crippen molar-refractivity contribution in [3.05, 3.63) is 75.9 Å². The number of amides is 1. The zero-order chi connectivity index (χ0) is 24.2. The van der Waals surface area contributed by atoms with E-state index in [1.165, 1.54) is 46.2 Å². The Morgan fingerprint density at radius 2 is 1.67 bits per heavy atom. The molecule has 3 aliphatic rings. The number of carbonyl (C=O) groups excluding carboxylic acids is 1. The number of hydrogen-bond donors (Lipinski definition) is 0. The van der Waals surface area contributed by atoms with Gasteiger partial charge >= 0.3 is 0 Å². The van der Waals surface area contributed by atoms with E-state index in [1.807, 2.05) is 28.4 Å². The Balaban J connectivity index is 1.26. The van der Waals surface area contributed by atoms with E-state index >= 15 is 0 Å². The lowest BCUT2D eigenvalue weighted by atomic mass is 9.89. The van der Waals surface area contributed by atoms with Crippen molar-refractivity contribution >= 4 is 50.6 Å². The smallest absolute Gasteiger partial charge is 0.241 e. The number of aromatic nitrogens is 2. The third-order valence-corrected chi connectivity index (χ3v) is 9.90. The summed E-state index contributed by atoms with van der Waals surface area (Å²) in [5.74, 6) is 2.67. The second kappa shape index (κ2) is 9.00. The van der Waals surface area contributed by atoms with Crippen molar-refractivity contribution in [2.45, 2.75) is 62.8 Å². The second-order valence-corrected chi connectivity index (χ2v) is 12.5. The molecule has 1 fully saturated rings. The fourth-order valence-corrected chi connectivity index (χ4v) is 8.06. The van der Waals surface area contributed by atoms with Crippen molar-refractivity contribution in [1.29, 1.82) is 0 Å². The molecule has 1 aliphatic heterocycles. The van der Waals surface area contributed by atoms with Crippen LogP contribution in [0.25, 0.3) is 10.2 Å². The van der Waals surface area contributed by atoms with E-state index in [9.17, 15) is 4.79 Å². The lowest BCUT2D eigenvalue weighted by Crippen LogP contribution is -2.28. The third-order valence-electron chi connectivity index (χ3n) is 7.79. The highest BCUT2D eigenvalue weighted by atomic mass is 32.2. The highest BCUT2D eigenvalue weighted by Crippen LogP contribution is 2.45. The van der Waals surface area contributed by atoms with Gasteiger partial charge in [-0.3, -0.25) is 9.69 Å². The normalized spacial score (nSPS) is 18.9. The van der Waals surface area contributed by atoms with Crippen LogP contribution in [0.2, 0.25) is 0 Å². The minimum absolute atomic E-state index is 0.110. The molecular formula is C30H29N3OS2. The predicted molar refractivity (Wildman–Crippen MR) is 149 cm³/mol. The quantitative estimate of drug-likeness (QED) is 0.214. The maximum Gasteiger partial charge on any atom is 0.241 e. The Morgan fingerprint density at radius 3 is 2.36 bits per heavy atom. The molecule has 0 radical (unpaired) electrons. The molecule has 182 valence electrons. The first-order valence-electron chi connectivity index (χ1n) is 13.1. The highest BCUT2D eigenvalue weighted by Gasteiger charge is 2.31. The maximum atomic E-state index is 14.0. The minimum Gasteiger partial charge on any atom is -0.280 e. The summed E-state index contributed by atoms with van der Waals surface area (Å²) >= 11 is 3.47. The molecule has 7 rings (SSSR count). The monoisotopic (exact) mass is 511 g/mol. The first kappa shape index (κ1) is 22.5. The van der Waals surface area contributed by atoms with Crippen molar-refractivity contribution in [2.75, 3.05) is 10.7 Å². The zero-order valence-corrected chi connectivity index (χ0v) is 22.1. The number of thioether (sulfide) groups is 1. The average molecular weight is 512 g/mol. The number of nitrogens with zero attached hydrogens (tertiary/aromatic N) is 3. The summed E-state index contributed by atoms with van der Waals surface area (Å²) < 4.78 is 0. The van der Waals surface area contributed by atoms with Crippen LogP contribution < -0.4 is 4.90 Å². The Labute approximate surface area is 220 Å². The lowest BCUT2D eigenvalue weighted by molar-refractivity contribution is -0.115. The van der Waals surface area contributed by atoms with Crippen molar-refractivity contribution in [1.82, 2.24) is 9.97 Å². The van der Waals surface area contributed by atoms with E-state index in [0.29, 0.717) is 11.7 Å². The number of rotatable bonds is 4. The maximum absolute atomic E-state index is 14.0. The SMILES string of the molecule is C[C@H]1CCc2c(sc3nc(C4CC4)nc(SCC(=O)N4c5ccccc5CCc5ccccc54)c23)C1. The predicted octanol–water partition coefficient (Wildman–Crippen LogP) is 7.25. The van der Waals surface area contributed by atoms with Gasteiger partial charge in [-0.1, -0.05) is 55.1 Å². The van der Waals surface area contributed by atoms with E-state index < -0.39 is 0 Å². The molecule has 0 unspecified atom stereocenters. The minimum atomic E-state index is 0.110. The Bertz CT molecular complexity index is 1440. The summed E-state index contributed by atoms with van der Waals surface area (Å²) in [6, 6.07) is 16.7. The molecule has 6 heteroatoms. The van der Waals surface area contributed by atoms with Crippen LogP contribution in [0.5, 0.6) is 0 Å². The molecule has 2 aromatic heterocycles. The third kappa shape index (κ3) is 3.95. The summed E-state index contributed by atoms with van der Waals surface area (Å²) in [7, 11) is 0. The number of anilines is 2.